The molecule has 1 aromatic heterocycles. The summed E-state index contributed by atoms with van der Waals surface area (Å²) < 4.78 is 1.14. The van der Waals surface area contributed by atoms with Crippen molar-refractivity contribution in [2.24, 2.45) is 5.92 Å². The number of imide groups is 1. The molecule has 3 amide bonds. The predicted molar refractivity (Wildman–Crippen MR) is 104 cm³/mol. The van der Waals surface area contributed by atoms with Crippen molar-refractivity contribution < 1.29 is 9.59 Å². The largest absolute Gasteiger partial charge is 0.335 e. The lowest BCUT2D eigenvalue weighted by Gasteiger charge is -2.29. The maximum atomic E-state index is 12.1. The topological polar surface area (TPSA) is 74.3 Å². The first kappa shape index (κ1) is 18.8. The Labute approximate surface area is 158 Å². The second kappa shape index (κ2) is 8.60. The monoisotopic (exact) mass is 374 g/mol. The molecule has 140 valence electrons. The summed E-state index contributed by atoms with van der Waals surface area (Å²) in [5.74, 6) is 0.167. The second-order valence-corrected chi connectivity index (χ2v) is 8.25. The van der Waals surface area contributed by atoms with E-state index >= 15 is 0 Å². The van der Waals surface area contributed by atoms with Gasteiger partial charge in [0.25, 0.3) is 0 Å². The van der Waals surface area contributed by atoms with Crippen LogP contribution in [-0.2, 0) is 11.3 Å². The summed E-state index contributed by atoms with van der Waals surface area (Å²) in [6.07, 6.45) is 4.47. The zero-order chi connectivity index (χ0) is 18.5. The van der Waals surface area contributed by atoms with E-state index in [1.807, 2.05) is 36.2 Å². The standard InChI is InChI=1S/C19H26N4O2S/c1-13-7-3-4-8-14(13)21-19(25)22-17(24)11-23(2)12-18-20-15-9-5-6-10-16(15)26-18/h5-6,9-10,13-14H,3-4,7-8,11-12H2,1-2H3,(H2,21,22,24,25). The molecular formula is C19H26N4O2S. The molecule has 6 nitrogen and oxygen atoms in total. The molecule has 2 aromatic rings. The number of hydrogen-bond acceptors (Lipinski definition) is 5. The number of fused-ring (bicyclic) bond motifs is 1. The number of para-hydroxylation sites is 1. The molecule has 0 aliphatic heterocycles. The van der Waals surface area contributed by atoms with E-state index in [1.54, 1.807) is 11.3 Å². The summed E-state index contributed by atoms with van der Waals surface area (Å²) in [6, 6.07) is 7.76. The maximum absolute atomic E-state index is 12.1. The summed E-state index contributed by atoms with van der Waals surface area (Å²) in [5, 5.41) is 6.34. The number of hydrogen-bond donors (Lipinski definition) is 2. The summed E-state index contributed by atoms with van der Waals surface area (Å²) in [6.45, 7) is 2.88. The van der Waals surface area contributed by atoms with Gasteiger partial charge in [0, 0.05) is 6.04 Å². The Hall–Kier alpha value is -1.99. The third-order valence-electron chi connectivity index (χ3n) is 4.84. The molecule has 26 heavy (non-hydrogen) atoms. The quantitative estimate of drug-likeness (QED) is 0.843. The number of aromatic nitrogens is 1. The molecule has 1 heterocycles. The van der Waals surface area contributed by atoms with Crippen LogP contribution in [0.5, 0.6) is 0 Å². The van der Waals surface area contributed by atoms with Gasteiger partial charge in [-0.2, -0.15) is 0 Å². The summed E-state index contributed by atoms with van der Waals surface area (Å²) in [5.41, 5.74) is 0.978. The van der Waals surface area contributed by atoms with Crippen LogP contribution in [0.25, 0.3) is 10.2 Å². The number of nitrogens with one attached hydrogen (secondary N) is 2. The molecular weight excluding hydrogens is 348 g/mol. The van der Waals surface area contributed by atoms with E-state index in [0.717, 1.165) is 34.5 Å². The maximum Gasteiger partial charge on any atom is 0.321 e. The molecule has 0 saturated heterocycles. The molecule has 1 aliphatic carbocycles. The smallest absolute Gasteiger partial charge is 0.321 e. The molecule has 0 radical (unpaired) electrons. The Balaban J connectivity index is 1.45. The van der Waals surface area contributed by atoms with Gasteiger partial charge in [0.1, 0.15) is 5.01 Å². The van der Waals surface area contributed by atoms with Gasteiger partial charge < -0.3 is 5.32 Å². The molecule has 1 saturated carbocycles. The number of carbonyl (C=O) groups excluding carboxylic acids is 2. The Bertz CT molecular complexity index is 743. The Kier molecular flexibility index (Phi) is 6.21. The molecule has 3 rings (SSSR count). The van der Waals surface area contributed by atoms with Gasteiger partial charge in [-0.3, -0.25) is 15.0 Å². The zero-order valence-electron chi connectivity index (χ0n) is 15.3. The Morgan fingerprint density at radius 1 is 1.27 bits per heavy atom. The van der Waals surface area contributed by atoms with Crippen LogP contribution < -0.4 is 10.6 Å². The summed E-state index contributed by atoms with van der Waals surface area (Å²) in [4.78, 5) is 30.6. The minimum atomic E-state index is -0.387. The highest BCUT2D eigenvalue weighted by atomic mass is 32.1. The van der Waals surface area contributed by atoms with E-state index in [2.05, 4.69) is 22.5 Å². The van der Waals surface area contributed by atoms with Gasteiger partial charge in [-0.05, 0) is 37.9 Å². The molecule has 0 bridgehead atoms. The van der Waals surface area contributed by atoms with E-state index in [-0.39, 0.29) is 24.5 Å². The van der Waals surface area contributed by atoms with E-state index < -0.39 is 0 Å². The van der Waals surface area contributed by atoms with Crippen molar-refractivity contribution in [3.8, 4) is 0 Å². The van der Waals surface area contributed by atoms with Crippen molar-refractivity contribution in [2.45, 2.75) is 45.2 Å². The lowest BCUT2D eigenvalue weighted by molar-refractivity contribution is -0.121. The predicted octanol–water partition coefficient (Wildman–Crippen LogP) is 3.13. The van der Waals surface area contributed by atoms with Crippen LogP contribution in [0.2, 0.25) is 0 Å². The van der Waals surface area contributed by atoms with Gasteiger partial charge >= 0.3 is 6.03 Å². The number of nitrogens with zero attached hydrogens (tertiary/aromatic N) is 2. The number of thiazole rings is 1. The van der Waals surface area contributed by atoms with E-state index in [9.17, 15) is 9.59 Å². The highest BCUT2D eigenvalue weighted by Crippen LogP contribution is 2.24. The average molecular weight is 375 g/mol. The first-order chi connectivity index (χ1) is 12.5. The molecule has 2 N–H and O–H groups in total. The van der Waals surface area contributed by atoms with Crippen molar-refractivity contribution in [1.82, 2.24) is 20.5 Å². The van der Waals surface area contributed by atoms with Gasteiger partial charge in [-0.25, -0.2) is 9.78 Å². The van der Waals surface area contributed by atoms with E-state index in [0.29, 0.717) is 12.5 Å². The fraction of sp³-hybridized carbons (Fsp3) is 0.526. The van der Waals surface area contributed by atoms with Crippen LogP contribution in [0.15, 0.2) is 24.3 Å². The van der Waals surface area contributed by atoms with Crippen LogP contribution in [0.3, 0.4) is 0 Å². The first-order valence-corrected chi connectivity index (χ1v) is 9.96. The van der Waals surface area contributed by atoms with Crippen LogP contribution in [-0.4, -0.2) is 41.5 Å². The SMILES string of the molecule is CC1CCCCC1NC(=O)NC(=O)CN(C)Cc1nc2ccccc2s1. The number of urea groups is 1. The highest BCUT2D eigenvalue weighted by molar-refractivity contribution is 7.18. The Morgan fingerprint density at radius 2 is 2.04 bits per heavy atom. The van der Waals surface area contributed by atoms with Gasteiger partial charge in [0.15, 0.2) is 0 Å². The third kappa shape index (κ3) is 5.02. The Morgan fingerprint density at radius 3 is 2.81 bits per heavy atom. The fourth-order valence-electron chi connectivity index (χ4n) is 3.42. The van der Waals surface area contributed by atoms with E-state index in [4.69, 9.17) is 0 Å². The highest BCUT2D eigenvalue weighted by Gasteiger charge is 2.23. The molecule has 0 spiro atoms. The van der Waals surface area contributed by atoms with Crippen molar-refractivity contribution in [3.63, 3.8) is 0 Å². The average Bonchev–Trinajstić information content (AvgIpc) is 2.98. The number of benzene rings is 1. The summed E-state index contributed by atoms with van der Waals surface area (Å²) >= 11 is 1.63. The van der Waals surface area contributed by atoms with Gasteiger partial charge in [-0.15, -0.1) is 11.3 Å². The van der Waals surface area contributed by atoms with Gasteiger partial charge in [0.2, 0.25) is 5.91 Å². The number of rotatable bonds is 5. The van der Waals surface area contributed by atoms with Crippen LogP contribution >= 0.6 is 11.3 Å². The fourth-order valence-corrected chi connectivity index (χ4v) is 4.47. The van der Waals surface area contributed by atoms with Crippen molar-refractivity contribution in [1.29, 1.82) is 0 Å². The number of carbonyl (C=O) groups is 2. The minimum absolute atomic E-state index is 0.156. The molecule has 1 fully saturated rings. The van der Waals surface area contributed by atoms with Crippen LogP contribution in [0, 0.1) is 5.92 Å². The number of amides is 3. The van der Waals surface area contributed by atoms with Crippen molar-refractivity contribution in [2.75, 3.05) is 13.6 Å². The third-order valence-corrected chi connectivity index (χ3v) is 5.86. The van der Waals surface area contributed by atoms with Crippen LogP contribution in [0.4, 0.5) is 4.79 Å². The molecule has 7 heteroatoms. The molecule has 1 aliphatic rings. The van der Waals surface area contributed by atoms with Crippen molar-refractivity contribution in [3.05, 3.63) is 29.3 Å². The molecule has 2 unspecified atom stereocenters. The second-order valence-electron chi connectivity index (χ2n) is 7.14. The van der Waals surface area contributed by atoms with E-state index in [1.165, 1.54) is 6.42 Å². The normalized spacial score (nSPS) is 20.3. The summed E-state index contributed by atoms with van der Waals surface area (Å²) in [7, 11) is 1.85. The molecule has 2 atom stereocenters. The van der Waals surface area contributed by atoms with Gasteiger partial charge in [0.05, 0.1) is 23.3 Å². The molecule has 1 aromatic carbocycles. The first-order valence-electron chi connectivity index (χ1n) is 9.14. The lowest BCUT2D eigenvalue weighted by atomic mass is 9.86. The van der Waals surface area contributed by atoms with Gasteiger partial charge in [-0.1, -0.05) is 31.9 Å². The zero-order valence-corrected chi connectivity index (χ0v) is 16.1. The van der Waals surface area contributed by atoms with Crippen molar-refractivity contribution >= 4 is 33.5 Å². The minimum Gasteiger partial charge on any atom is -0.335 e. The van der Waals surface area contributed by atoms with Crippen LogP contribution in [0.1, 0.15) is 37.6 Å². The number of likely N-dealkylation sites (N-methyl/N-ethyl adjacent to an activating group) is 1. The lowest BCUT2D eigenvalue weighted by Crippen LogP contribution is -2.49.